The van der Waals surface area contributed by atoms with Crippen LogP contribution in [0.5, 0.6) is 0 Å². The summed E-state index contributed by atoms with van der Waals surface area (Å²) in [5.74, 6) is 0.285. The highest BCUT2D eigenvalue weighted by molar-refractivity contribution is 7.89. The first-order valence-corrected chi connectivity index (χ1v) is 9.15. The van der Waals surface area contributed by atoms with Gasteiger partial charge in [0.1, 0.15) is 0 Å². The smallest absolute Gasteiger partial charge is 0.237 e. The molecule has 2 N–H and O–H groups in total. The standard InChI is InChI=1S/C13H25N3O3S/c1-2-10-20(18,19)16-8-5-11(6-9-16)15-13(17)12-4-3-7-14-12/h11-12,14H,2-10H2,1H3,(H,15,17). The lowest BCUT2D eigenvalue weighted by molar-refractivity contribution is -0.123. The van der Waals surface area contributed by atoms with E-state index in [1.54, 1.807) is 4.31 Å². The molecule has 2 rings (SSSR count). The molecule has 2 heterocycles. The Bertz CT molecular complexity index is 424. The van der Waals surface area contributed by atoms with E-state index in [0.29, 0.717) is 32.4 Å². The van der Waals surface area contributed by atoms with Gasteiger partial charge >= 0.3 is 0 Å². The number of nitrogens with one attached hydrogen (secondary N) is 2. The fraction of sp³-hybridized carbons (Fsp3) is 0.923. The van der Waals surface area contributed by atoms with Crippen molar-refractivity contribution in [2.75, 3.05) is 25.4 Å². The molecule has 1 atom stereocenters. The predicted octanol–water partition coefficient (Wildman–Crippen LogP) is 0.0588. The summed E-state index contributed by atoms with van der Waals surface area (Å²) in [6.07, 6.45) is 4.01. The third-order valence-corrected chi connectivity index (χ3v) is 6.11. The van der Waals surface area contributed by atoms with E-state index in [1.807, 2.05) is 6.92 Å². The van der Waals surface area contributed by atoms with Crippen LogP contribution in [0.2, 0.25) is 0 Å². The minimum absolute atomic E-state index is 0.0585. The largest absolute Gasteiger partial charge is 0.352 e. The maximum absolute atomic E-state index is 12.0. The minimum atomic E-state index is -3.09. The summed E-state index contributed by atoms with van der Waals surface area (Å²) in [6, 6.07) is 0.0508. The van der Waals surface area contributed by atoms with Gasteiger partial charge in [-0.25, -0.2) is 12.7 Å². The van der Waals surface area contributed by atoms with Gasteiger partial charge in [0.25, 0.3) is 0 Å². The number of piperidine rings is 1. The normalized spacial score (nSPS) is 25.8. The second kappa shape index (κ2) is 6.87. The first kappa shape index (κ1) is 15.7. The van der Waals surface area contributed by atoms with Crippen molar-refractivity contribution in [2.24, 2.45) is 0 Å². The number of hydrogen-bond donors (Lipinski definition) is 2. The molecule has 0 aliphatic carbocycles. The fourth-order valence-corrected chi connectivity index (χ4v) is 4.42. The molecule has 0 saturated carbocycles. The van der Waals surface area contributed by atoms with Crippen molar-refractivity contribution in [1.82, 2.24) is 14.9 Å². The van der Waals surface area contributed by atoms with Crippen LogP contribution in [-0.4, -0.2) is 56.1 Å². The Morgan fingerprint density at radius 3 is 2.55 bits per heavy atom. The van der Waals surface area contributed by atoms with E-state index in [-0.39, 0.29) is 23.7 Å². The Morgan fingerprint density at radius 1 is 1.30 bits per heavy atom. The Balaban J connectivity index is 1.78. The second-order valence-electron chi connectivity index (χ2n) is 5.65. The van der Waals surface area contributed by atoms with E-state index in [4.69, 9.17) is 0 Å². The molecule has 2 fully saturated rings. The molecule has 0 spiro atoms. The quantitative estimate of drug-likeness (QED) is 0.753. The SMILES string of the molecule is CCCS(=O)(=O)N1CCC(NC(=O)C2CCCN2)CC1. The number of amides is 1. The molecule has 0 radical (unpaired) electrons. The molecular formula is C13H25N3O3S. The summed E-state index contributed by atoms with van der Waals surface area (Å²) in [4.78, 5) is 12.0. The van der Waals surface area contributed by atoms with E-state index >= 15 is 0 Å². The molecule has 0 aromatic rings. The first-order chi connectivity index (χ1) is 9.53. The summed E-state index contributed by atoms with van der Waals surface area (Å²) in [7, 11) is -3.09. The number of sulfonamides is 1. The van der Waals surface area contributed by atoms with Crippen molar-refractivity contribution in [2.45, 2.75) is 51.1 Å². The van der Waals surface area contributed by atoms with Crippen molar-refractivity contribution in [3.63, 3.8) is 0 Å². The molecule has 0 bridgehead atoms. The van der Waals surface area contributed by atoms with Gasteiger partial charge in [-0.2, -0.15) is 0 Å². The van der Waals surface area contributed by atoms with Crippen molar-refractivity contribution in [3.05, 3.63) is 0 Å². The maximum Gasteiger partial charge on any atom is 0.237 e. The van der Waals surface area contributed by atoms with E-state index < -0.39 is 10.0 Å². The zero-order chi connectivity index (χ0) is 14.6. The third kappa shape index (κ3) is 3.93. The lowest BCUT2D eigenvalue weighted by atomic mass is 10.1. The third-order valence-electron chi connectivity index (χ3n) is 4.03. The lowest BCUT2D eigenvalue weighted by Gasteiger charge is -2.32. The molecule has 7 heteroatoms. The molecule has 0 aromatic carbocycles. The highest BCUT2D eigenvalue weighted by Gasteiger charge is 2.30. The molecule has 1 amide bonds. The summed E-state index contributed by atoms with van der Waals surface area (Å²) in [5.41, 5.74) is 0. The van der Waals surface area contributed by atoms with Crippen molar-refractivity contribution in [1.29, 1.82) is 0 Å². The highest BCUT2D eigenvalue weighted by atomic mass is 32.2. The zero-order valence-electron chi connectivity index (χ0n) is 12.1. The van der Waals surface area contributed by atoms with E-state index in [1.165, 1.54) is 0 Å². The van der Waals surface area contributed by atoms with Gasteiger partial charge in [-0.15, -0.1) is 0 Å². The van der Waals surface area contributed by atoms with Crippen LogP contribution in [0.3, 0.4) is 0 Å². The number of rotatable bonds is 5. The van der Waals surface area contributed by atoms with Crippen molar-refractivity contribution < 1.29 is 13.2 Å². The van der Waals surface area contributed by atoms with E-state index in [2.05, 4.69) is 10.6 Å². The summed E-state index contributed by atoms with van der Waals surface area (Å²) in [5, 5.41) is 6.22. The molecular weight excluding hydrogens is 278 g/mol. The molecule has 20 heavy (non-hydrogen) atoms. The molecule has 6 nitrogen and oxygen atoms in total. The van der Waals surface area contributed by atoms with Gasteiger partial charge in [0.05, 0.1) is 11.8 Å². The van der Waals surface area contributed by atoms with E-state index in [9.17, 15) is 13.2 Å². The van der Waals surface area contributed by atoms with Crippen LogP contribution < -0.4 is 10.6 Å². The monoisotopic (exact) mass is 303 g/mol. The molecule has 2 saturated heterocycles. The van der Waals surface area contributed by atoms with E-state index in [0.717, 1.165) is 19.4 Å². The Kier molecular flexibility index (Phi) is 5.40. The average Bonchev–Trinajstić information content (AvgIpc) is 2.93. The van der Waals surface area contributed by atoms with Gasteiger partial charge in [0.2, 0.25) is 15.9 Å². The molecule has 116 valence electrons. The Morgan fingerprint density at radius 2 is 2.00 bits per heavy atom. The topological polar surface area (TPSA) is 78.5 Å². The first-order valence-electron chi connectivity index (χ1n) is 7.54. The molecule has 0 aromatic heterocycles. The van der Waals surface area contributed by atoms with Crippen LogP contribution >= 0.6 is 0 Å². The lowest BCUT2D eigenvalue weighted by Crippen LogP contribution is -2.50. The fourth-order valence-electron chi connectivity index (χ4n) is 2.88. The van der Waals surface area contributed by atoms with Crippen LogP contribution in [0.25, 0.3) is 0 Å². The predicted molar refractivity (Wildman–Crippen MR) is 77.8 cm³/mol. The summed E-state index contributed by atoms with van der Waals surface area (Å²) >= 11 is 0. The minimum Gasteiger partial charge on any atom is -0.352 e. The second-order valence-corrected chi connectivity index (χ2v) is 7.74. The van der Waals surface area contributed by atoms with Crippen LogP contribution in [0.1, 0.15) is 39.0 Å². The van der Waals surface area contributed by atoms with Crippen LogP contribution in [0.15, 0.2) is 0 Å². The van der Waals surface area contributed by atoms with Crippen molar-refractivity contribution >= 4 is 15.9 Å². The summed E-state index contributed by atoms with van der Waals surface area (Å²) < 4.78 is 25.5. The number of carbonyl (C=O) groups excluding carboxylic acids is 1. The van der Waals surface area contributed by atoms with Crippen molar-refractivity contribution in [3.8, 4) is 0 Å². The molecule has 2 aliphatic heterocycles. The Hall–Kier alpha value is -0.660. The zero-order valence-corrected chi connectivity index (χ0v) is 12.9. The maximum atomic E-state index is 12.0. The Labute approximate surface area is 121 Å². The van der Waals surface area contributed by atoms with Crippen LogP contribution in [0.4, 0.5) is 0 Å². The highest BCUT2D eigenvalue weighted by Crippen LogP contribution is 2.16. The number of hydrogen-bond acceptors (Lipinski definition) is 4. The summed E-state index contributed by atoms with van der Waals surface area (Å²) in [6.45, 7) is 3.82. The average molecular weight is 303 g/mol. The number of carbonyl (C=O) groups is 1. The molecule has 1 unspecified atom stereocenters. The van der Waals surface area contributed by atoms with Gasteiger partial charge in [-0.1, -0.05) is 6.92 Å². The van der Waals surface area contributed by atoms with Crippen LogP contribution in [0, 0.1) is 0 Å². The van der Waals surface area contributed by atoms with Gasteiger partial charge in [-0.3, -0.25) is 4.79 Å². The van der Waals surface area contributed by atoms with Gasteiger partial charge < -0.3 is 10.6 Å². The van der Waals surface area contributed by atoms with Gasteiger partial charge in [0, 0.05) is 19.1 Å². The van der Waals surface area contributed by atoms with Gasteiger partial charge in [-0.05, 0) is 38.6 Å². The molecule has 2 aliphatic rings. The van der Waals surface area contributed by atoms with Gasteiger partial charge in [0.15, 0.2) is 0 Å². The number of nitrogens with zero attached hydrogens (tertiary/aromatic N) is 1. The van der Waals surface area contributed by atoms with Crippen LogP contribution in [-0.2, 0) is 14.8 Å².